The van der Waals surface area contributed by atoms with Crippen LogP contribution >= 0.6 is 15.9 Å². The van der Waals surface area contributed by atoms with E-state index < -0.39 is 0 Å². The van der Waals surface area contributed by atoms with Gasteiger partial charge in [-0.3, -0.25) is 0 Å². The first kappa shape index (κ1) is 10.2. The Balaban J connectivity index is 2.20. The van der Waals surface area contributed by atoms with Crippen molar-refractivity contribution in [2.75, 3.05) is 6.61 Å². The van der Waals surface area contributed by atoms with Crippen molar-refractivity contribution >= 4 is 26.8 Å². The highest BCUT2D eigenvalue weighted by molar-refractivity contribution is 9.10. The van der Waals surface area contributed by atoms with E-state index in [4.69, 9.17) is 4.74 Å². The predicted molar refractivity (Wildman–Crippen MR) is 69.1 cm³/mol. The van der Waals surface area contributed by atoms with Crippen molar-refractivity contribution < 1.29 is 4.74 Å². The average molecular weight is 280 g/mol. The molecule has 0 spiro atoms. The van der Waals surface area contributed by atoms with Gasteiger partial charge in [0.05, 0.1) is 22.0 Å². The van der Waals surface area contributed by atoms with Gasteiger partial charge in [-0.05, 0) is 47.8 Å². The van der Waals surface area contributed by atoms with Crippen LogP contribution < -0.4 is 4.74 Å². The Bertz CT molecular complexity index is 528. The van der Waals surface area contributed by atoms with Crippen LogP contribution in [0.4, 0.5) is 0 Å². The number of benzene rings is 1. The number of hydrogen-bond donors (Lipinski definition) is 1. The molecule has 1 aliphatic rings. The van der Waals surface area contributed by atoms with E-state index in [-0.39, 0.29) is 0 Å². The summed E-state index contributed by atoms with van der Waals surface area (Å²) in [7, 11) is 0. The van der Waals surface area contributed by atoms with Gasteiger partial charge in [-0.1, -0.05) is 6.07 Å². The number of fused-ring (bicyclic) bond motifs is 1. The van der Waals surface area contributed by atoms with Gasteiger partial charge >= 0.3 is 0 Å². The maximum absolute atomic E-state index is 5.66. The highest BCUT2D eigenvalue weighted by Crippen LogP contribution is 2.46. The largest absolute Gasteiger partial charge is 0.493 e. The molecule has 1 aliphatic carbocycles. The van der Waals surface area contributed by atoms with Gasteiger partial charge in [-0.15, -0.1) is 0 Å². The average Bonchev–Trinajstić information content (AvgIpc) is 3.05. The van der Waals surface area contributed by atoms with Crippen LogP contribution in [0.1, 0.15) is 31.4 Å². The third-order valence-electron chi connectivity index (χ3n) is 3.04. The lowest BCUT2D eigenvalue weighted by Crippen LogP contribution is -1.91. The van der Waals surface area contributed by atoms with Gasteiger partial charge < -0.3 is 9.72 Å². The van der Waals surface area contributed by atoms with Crippen LogP contribution in [-0.2, 0) is 0 Å². The van der Waals surface area contributed by atoms with E-state index in [9.17, 15) is 0 Å². The second-order valence-electron chi connectivity index (χ2n) is 4.24. The highest BCUT2D eigenvalue weighted by Gasteiger charge is 2.28. The Labute approximate surface area is 103 Å². The van der Waals surface area contributed by atoms with Crippen LogP contribution in [0.2, 0.25) is 0 Å². The Kier molecular flexibility index (Phi) is 2.43. The van der Waals surface area contributed by atoms with Gasteiger partial charge in [0.25, 0.3) is 0 Å². The standard InChI is InChI=1S/C13H14BrNO/c1-2-16-10-5-3-4-9-11(10)12(14)13(15-9)8-6-7-8/h3-5,8,15H,2,6-7H2,1H3. The number of ether oxygens (including phenoxy) is 1. The molecule has 3 rings (SSSR count). The number of nitrogens with one attached hydrogen (secondary N) is 1. The first-order valence-electron chi connectivity index (χ1n) is 5.74. The molecule has 3 heteroatoms. The summed E-state index contributed by atoms with van der Waals surface area (Å²) in [6, 6.07) is 6.17. The molecule has 1 fully saturated rings. The summed E-state index contributed by atoms with van der Waals surface area (Å²) in [4.78, 5) is 3.50. The predicted octanol–water partition coefficient (Wildman–Crippen LogP) is 4.21. The molecule has 0 aliphatic heterocycles. The van der Waals surface area contributed by atoms with Gasteiger partial charge in [0.1, 0.15) is 5.75 Å². The smallest absolute Gasteiger partial charge is 0.129 e. The van der Waals surface area contributed by atoms with Crippen LogP contribution in [-0.4, -0.2) is 11.6 Å². The van der Waals surface area contributed by atoms with Gasteiger partial charge in [0.15, 0.2) is 0 Å². The molecule has 1 N–H and O–H groups in total. The molecular formula is C13H14BrNO. The summed E-state index contributed by atoms with van der Waals surface area (Å²) in [5.74, 6) is 1.69. The number of rotatable bonds is 3. The molecule has 1 saturated carbocycles. The van der Waals surface area contributed by atoms with E-state index in [2.05, 4.69) is 27.0 Å². The van der Waals surface area contributed by atoms with Crippen molar-refractivity contribution in [1.82, 2.24) is 4.98 Å². The molecule has 2 nitrogen and oxygen atoms in total. The zero-order valence-corrected chi connectivity index (χ0v) is 10.8. The first-order valence-corrected chi connectivity index (χ1v) is 6.53. The van der Waals surface area contributed by atoms with Crippen LogP contribution in [0.15, 0.2) is 22.7 Å². The summed E-state index contributed by atoms with van der Waals surface area (Å²) >= 11 is 3.70. The summed E-state index contributed by atoms with van der Waals surface area (Å²) in [6.45, 7) is 2.72. The summed E-state index contributed by atoms with van der Waals surface area (Å²) in [5.41, 5.74) is 2.50. The fraction of sp³-hybridized carbons (Fsp3) is 0.385. The van der Waals surface area contributed by atoms with E-state index in [1.54, 1.807) is 0 Å². The highest BCUT2D eigenvalue weighted by atomic mass is 79.9. The molecule has 1 aromatic carbocycles. The fourth-order valence-corrected chi connectivity index (χ4v) is 2.96. The third kappa shape index (κ3) is 1.54. The maximum atomic E-state index is 5.66. The minimum atomic E-state index is 0.704. The van der Waals surface area contributed by atoms with Crippen molar-refractivity contribution in [3.8, 4) is 5.75 Å². The lowest BCUT2D eigenvalue weighted by molar-refractivity contribution is 0.344. The van der Waals surface area contributed by atoms with E-state index in [1.807, 2.05) is 19.1 Å². The van der Waals surface area contributed by atoms with Gasteiger partial charge in [0, 0.05) is 11.6 Å². The second-order valence-corrected chi connectivity index (χ2v) is 5.03. The van der Waals surface area contributed by atoms with Gasteiger partial charge in [-0.2, -0.15) is 0 Å². The van der Waals surface area contributed by atoms with Crippen molar-refractivity contribution in [2.45, 2.75) is 25.7 Å². The Hall–Kier alpha value is -0.960. The Morgan fingerprint density at radius 2 is 2.25 bits per heavy atom. The van der Waals surface area contributed by atoms with E-state index in [0.717, 1.165) is 11.7 Å². The minimum absolute atomic E-state index is 0.704. The van der Waals surface area contributed by atoms with E-state index in [0.29, 0.717) is 6.61 Å². The number of H-pyrrole nitrogens is 1. The molecule has 16 heavy (non-hydrogen) atoms. The van der Waals surface area contributed by atoms with Crippen LogP contribution in [0.5, 0.6) is 5.75 Å². The topological polar surface area (TPSA) is 25.0 Å². The molecule has 1 heterocycles. The zero-order chi connectivity index (χ0) is 11.1. The summed E-state index contributed by atoms with van der Waals surface area (Å²) in [5, 5.41) is 1.19. The number of hydrogen-bond acceptors (Lipinski definition) is 1. The molecule has 84 valence electrons. The molecule has 2 aromatic rings. The van der Waals surface area contributed by atoms with Crippen molar-refractivity contribution in [3.63, 3.8) is 0 Å². The summed E-state index contributed by atoms with van der Waals surface area (Å²) in [6.07, 6.45) is 2.60. The quantitative estimate of drug-likeness (QED) is 0.895. The number of halogens is 1. The van der Waals surface area contributed by atoms with Crippen molar-refractivity contribution in [2.24, 2.45) is 0 Å². The van der Waals surface area contributed by atoms with Crippen molar-refractivity contribution in [1.29, 1.82) is 0 Å². The normalized spacial score (nSPS) is 15.6. The van der Waals surface area contributed by atoms with E-state index in [1.165, 1.54) is 33.9 Å². The summed E-state index contributed by atoms with van der Waals surface area (Å²) < 4.78 is 6.85. The molecule has 0 atom stereocenters. The Morgan fingerprint density at radius 1 is 1.44 bits per heavy atom. The van der Waals surface area contributed by atoms with Crippen LogP contribution in [0, 0.1) is 0 Å². The molecule has 0 amide bonds. The van der Waals surface area contributed by atoms with Crippen LogP contribution in [0.3, 0.4) is 0 Å². The van der Waals surface area contributed by atoms with Gasteiger partial charge in [-0.25, -0.2) is 0 Å². The van der Waals surface area contributed by atoms with Crippen LogP contribution in [0.25, 0.3) is 10.9 Å². The maximum Gasteiger partial charge on any atom is 0.129 e. The molecular weight excluding hydrogens is 266 g/mol. The zero-order valence-electron chi connectivity index (χ0n) is 9.22. The first-order chi connectivity index (χ1) is 7.81. The monoisotopic (exact) mass is 279 g/mol. The lowest BCUT2D eigenvalue weighted by Gasteiger charge is -2.04. The Morgan fingerprint density at radius 3 is 2.94 bits per heavy atom. The minimum Gasteiger partial charge on any atom is -0.493 e. The van der Waals surface area contributed by atoms with Crippen molar-refractivity contribution in [3.05, 3.63) is 28.4 Å². The SMILES string of the molecule is CCOc1cccc2[nH]c(C3CC3)c(Br)c12. The van der Waals surface area contributed by atoms with Gasteiger partial charge in [0.2, 0.25) is 0 Å². The van der Waals surface area contributed by atoms with E-state index >= 15 is 0 Å². The third-order valence-corrected chi connectivity index (χ3v) is 3.86. The molecule has 1 aromatic heterocycles. The fourth-order valence-electron chi connectivity index (χ4n) is 2.13. The number of aromatic amines is 1. The molecule has 0 bridgehead atoms. The number of aromatic nitrogens is 1. The molecule has 0 radical (unpaired) electrons. The molecule has 0 unspecified atom stereocenters. The molecule has 0 saturated heterocycles. The lowest BCUT2D eigenvalue weighted by atomic mass is 10.2. The second kappa shape index (κ2) is 3.81.